The van der Waals surface area contributed by atoms with E-state index in [0.29, 0.717) is 17.8 Å². The van der Waals surface area contributed by atoms with E-state index in [0.717, 1.165) is 0 Å². The van der Waals surface area contributed by atoms with Crippen LogP contribution < -0.4 is 10.6 Å². The van der Waals surface area contributed by atoms with Crippen molar-refractivity contribution in [1.82, 2.24) is 5.32 Å². The molecule has 0 heterocycles. The molecule has 0 saturated carbocycles. The van der Waals surface area contributed by atoms with Crippen molar-refractivity contribution in [2.75, 3.05) is 18.1 Å². The van der Waals surface area contributed by atoms with Crippen LogP contribution in [0.5, 0.6) is 0 Å². The summed E-state index contributed by atoms with van der Waals surface area (Å²) in [4.78, 5) is 22.2. The summed E-state index contributed by atoms with van der Waals surface area (Å²) in [6.45, 7) is 6.17. The van der Waals surface area contributed by atoms with E-state index in [4.69, 9.17) is 0 Å². The van der Waals surface area contributed by atoms with E-state index in [-0.39, 0.29) is 16.5 Å². The van der Waals surface area contributed by atoms with Crippen molar-refractivity contribution in [3.05, 3.63) is 33.9 Å². The number of nitrogens with one attached hydrogen (secondary N) is 2. The molecule has 7 heteroatoms. The quantitative estimate of drug-likeness (QED) is 0.646. The fourth-order valence-electron chi connectivity index (χ4n) is 1.49. The normalized spacial score (nSPS) is 11.0. The van der Waals surface area contributed by atoms with Crippen LogP contribution in [0.3, 0.4) is 0 Å². The highest BCUT2D eigenvalue weighted by molar-refractivity contribution is 7.99. The van der Waals surface area contributed by atoms with Crippen LogP contribution in [0, 0.1) is 17.0 Å². The summed E-state index contributed by atoms with van der Waals surface area (Å²) in [5.41, 5.74) is 0.877. The molecule has 2 N–H and O–H groups in total. The molecule has 2 amide bonds. The Labute approximate surface area is 122 Å². The summed E-state index contributed by atoms with van der Waals surface area (Å²) >= 11 is 1.65. The number of amides is 2. The average molecular weight is 297 g/mol. The number of carbonyl (C=O) groups is 1. The Hall–Kier alpha value is -1.76. The maximum Gasteiger partial charge on any atom is 0.319 e. The second-order valence-electron chi connectivity index (χ2n) is 4.98. The van der Waals surface area contributed by atoms with Gasteiger partial charge in [-0.1, -0.05) is 6.07 Å². The summed E-state index contributed by atoms with van der Waals surface area (Å²) in [5.74, 6) is 0. The first-order chi connectivity index (χ1) is 9.26. The van der Waals surface area contributed by atoms with Crippen molar-refractivity contribution in [1.29, 1.82) is 0 Å². The van der Waals surface area contributed by atoms with Gasteiger partial charge in [0.25, 0.3) is 5.69 Å². The maximum absolute atomic E-state index is 11.8. The molecule has 0 atom stereocenters. The topological polar surface area (TPSA) is 84.3 Å². The first-order valence-electron chi connectivity index (χ1n) is 6.11. The van der Waals surface area contributed by atoms with Crippen LogP contribution >= 0.6 is 11.8 Å². The van der Waals surface area contributed by atoms with E-state index in [2.05, 4.69) is 10.6 Å². The van der Waals surface area contributed by atoms with Crippen LogP contribution in [0.4, 0.5) is 16.2 Å². The molecule has 1 aromatic carbocycles. The van der Waals surface area contributed by atoms with E-state index in [1.165, 1.54) is 6.07 Å². The summed E-state index contributed by atoms with van der Waals surface area (Å²) < 4.78 is -0.0604. The summed E-state index contributed by atoms with van der Waals surface area (Å²) in [6.07, 6.45) is 1.98. The average Bonchev–Trinajstić information content (AvgIpc) is 2.39. The Balaban J connectivity index is 2.72. The molecule has 0 aromatic heterocycles. The fraction of sp³-hybridized carbons (Fsp3) is 0.462. The Kier molecular flexibility index (Phi) is 5.38. The van der Waals surface area contributed by atoms with Gasteiger partial charge in [0, 0.05) is 17.4 Å². The number of benzene rings is 1. The van der Waals surface area contributed by atoms with E-state index in [9.17, 15) is 14.9 Å². The smallest absolute Gasteiger partial charge is 0.319 e. The first kappa shape index (κ1) is 16.3. The predicted octanol–water partition coefficient (Wildman–Crippen LogP) is 3.17. The lowest BCUT2D eigenvalue weighted by Crippen LogP contribution is -2.38. The third-order valence-corrected chi connectivity index (χ3v) is 4.23. The van der Waals surface area contributed by atoms with Crippen LogP contribution in [0.15, 0.2) is 18.2 Å². The van der Waals surface area contributed by atoms with E-state index < -0.39 is 4.92 Å². The molecule has 0 aliphatic heterocycles. The molecule has 6 nitrogen and oxygen atoms in total. The number of carbonyl (C=O) groups excluding carboxylic acids is 1. The minimum Gasteiger partial charge on any atom is -0.336 e. The molecule has 0 radical (unpaired) electrons. The minimum atomic E-state index is -0.463. The van der Waals surface area contributed by atoms with E-state index in [1.807, 2.05) is 20.1 Å². The van der Waals surface area contributed by atoms with Gasteiger partial charge in [0.1, 0.15) is 0 Å². The predicted molar refractivity (Wildman–Crippen MR) is 82.4 cm³/mol. The Morgan fingerprint density at radius 2 is 2.10 bits per heavy atom. The summed E-state index contributed by atoms with van der Waals surface area (Å²) in [6, 6.07) is 4.24. The third-order valence-electron chi connectivity index (χ3n) is 2.98. The second kappa shape index (κ2) is 6.60. The molecule has 0 aliphatic carbocycles. The van der Waals surface area contributed by atoms with Crippen molar-refractivity contribution >= 4 is 29.2 Å². The molecule has 0 aliphatic rings. The zero-order chi connectivity index (χ0) is 15.3. The van der Waals surface area contributed by atoms with Crippen molar-refractivity contribution in [2.45, 2.75) is 25.5 Å². The highest BCUT2D eigenvalue weighted by Crippen LogP contribution is 2.25. The fourth-order valence-corrected chi connectivity index (χ4v) is 1.70. The highest BCUT2D eigenvalue weighted by atomic mass is 32.2. The minimum absolute atomic E-state index is 0.00718. The third kappa shape index (κ3) is 4.41. The SMILES string of the molecule is CSC(C)(C)CNC(=O)Nc1cccc([N+](=O)[O-])c1C. The zero-order valence-electron chi connectivity index (χ0n) is 12.0. The Bertz CT molecular complexity index is 518. The van der Waals surface area contributed by atoms with Crippen LogP contribution in [-0.2, 0) is 0 Å². The van der Waals surface area contributed by atoms with Crippen molar-refractivity contribution in [2.24, 2.45) is 0 Å². The van der Waals surface area contributed by atoms with Crippen molar-refractivity contribution in [3.8, 4) is 0 Å². The van der Waals surface area contributed by atoms with Gasteiger partial charge < -0.3 is 10.6 Å². The number of nitrogens with zero attached hydrogens (tertiary/aromatic N) is 1. The lowest BCUT2D eigenvalue weighted by atomic mass is 10.1. The van der Waals surface area contributed by atoms with Gasteiger partial charge in [-0.2, -0.15) is 11.8 Å². The number of rotatable bonds is 5. The van der Waals surface area contributed by atoms with Crippen LogP contribution in [0.1, 0.15) is 19.4 Å². The van der Waals surface area contributed by atoms with Gasteiger partial charge in [0.05, 0.1) is 16.2 Å². The molecule has 0 saturated heterocycles. The van der Waals surface area contributed by atoms with Gasteiger partial charge in [-0.05, 0) is 33.1 Å². The molecule has 20 heavy (non-hydrogen) atoms. The number of anilines is 1. The van der Waals surface area contributed by atoms with Crippen LogP contribution in [0.2, 0.25) is 0 Å². The molecular formula is C13H19N3O3S. The van der Waals surface area contributed by atoms with Crippen molar-refractivity contribution < 1.29 is 9.72 Å². The number of hydrogen-bond acceptors (Lipinski definition) is 4. The lowest BCUT2D eigenvalue weighted by Gasteiger charge is -2.22. The number of nitro groups is 1. The summed E-state index contributed by atoms with van der Waals surface area (Å²) in [7, 11) is 0. The molecule has 0 spiro atoms. The molecule has 1 rings (SSSR count). The first-order valence-corrected chi connectivity index (χ1v) is 7.33. The zero-order valence-corrected chi connectivity index (χ0v) is 12.8. The van der Waals surface area contributed by atoms with Crippen molar-refractivity contribution in [3.63, 3.8) is 0 Å². The number of urea groups is 1. The monoisotopic (exact) mass is 297 g/mol. The van der Waals surface area contributed by atoms with Gasteiger partial charge in [0.2, 0.25) is 0 Å². The number of thioether (sulfide) groups is 1. The van der Waals surface area contributed by atoms with Gasteiger partial charge >= 0.3 is 6.03 Å². The molecule has 1 aromatic rings. The molecule has 0 fully saturated rings. The molecule has 0 unspecified atom stereocenters. The Morgan fingerprint density at radius 1 is 1.45 bits per heavy atom. The molecular weight excluding hydrogens is 278 g/mol. The maximum atomic E-state index is 11.8. The Morgan fingerprint density at radius 3 is 2.65 bits per heavy atom. The van der Waals surface area contributed by atoms with Crippen LogP contribution in [0.25, 0.3) is 0 Å². The second-order valence-corrected chi connectivity index (χ2v) is 6.49. The van der Waals surface area contributed by atoms with Gasteiger partial charge in [0.15, 0.2) is 0 Å². The van der Waals surface area contributed by atoms with Gasteiger partial charge in [-0.25, -0.2) is 4.79 Å². The van der Waals surface area contributed by atoms with Crippen LogP contribution in [-0.4, -0.2) is 28.5 Å². The molecule has 0 bridgehead atoms. The number of nitro benzene ring substituents is 1. The highest BCUT2D eigenvalue weighted by Gasteiger charge is 2.18. The largest absolute Gasteiger partial charge is 0.336 e. The van der Waals surface area contributed by atoms with Gasteiger partial charge in [-0.3, -0.25) is 10.1 Å². The lowest BCUT2D eigenvalue weighted by molar-refractivity contribution is -0.385. The van der Waals surface area contributed by atoms with E-state index >= 15 is 0 Å². The standard InChI is InChI=1S/C13H19N3O3S/c1-9-10(6-5-7-11(9)16(18)19)15-12(17)14-8-13(2,3)20-4/h5-7H,8H2,1-4H3,(H2,14,15,17). The molecule has 110 valence electrons. The van der Waals surface area contributed by atoms with E-state index in [1.54, 1.807) is 30.8 Å². The number of hydrogen-bond donors (Lipinski definition) is 2. The summed E-state index contributed by atoms with van der Waals surface area (Å²) in [5, 5.41) is 16.2. The van der Waals surface area contributed by atoms with Gasteiger partial charge in [-0.15, -0.1) is 0 Å².